The standard InChI is InChI=1S/C90H157NO18Si3/c1-33-36-70(48-63(14)47-64(15)49-80(101-29)84(109-110(31,32)90(22,23)24)81(102-30)51-65(16)82(92)85(86(93)94)104-56-71-41-44-73(98-26)53-77(71)99-27)78(103-55-68-38-42-72(97-25)43-39-68)54-76(108-112(60(8)9,61(10)11)62(12)13)67(18)83(105-87(95)74-37-34-35-46-91(74)88(96)106-89(19,20)21)66(17)50-69-40-45-75(79(52-69)100-28)107-111(57(2)3,58(4)5)59(6)7/h33,38-39,41-44,48,50,53,57-62,64-65,67,69-70,74-76,78-85,92H,1,34-37,40,45-47,49,51-52,54-56H2,2-32H3,(H,93,94)/b63-48+,66-50+/t64-,65+,67+,69-,70+,74-,75+,76-,78-,79+,80-,81-,82?,83+,84+,85?/m0/s1. The number of aliphatic hydroxyl groups excluding tert-OH is 1. The number of hydrogen-bond acceptors (Lipinski definition) is 17. The molecular weight excluding hydrogens is 1470 g/mol. The largest absolute Gasteiger partial charge is 0.497 e. The first kappa shape index (κ1) is 99.9. The summed E-state index contributed by atoms with van der Waals surface area (Å²) in [6, 6.07) is 12.3. The number of methoxy groups -OCH3 is 6. The number of carbonyl (C=O) groups is 3. The molecule has 1 amide bonds. The van der Waals surface area contributed by atoms with E-state index in [2.05, 4.69) is 163 Å². The number of likely N-dealkylation sites (tertiary alicyclic amines) is 1. The van der Waals surface area contributed by atoms with Crippen LogP contribution in [0.3, 0.4) is 0 Å². The molecular formula is C90H157NO18Si3. The lowest BCUT2D eigenvalue weighted by atomic mass is 9.81. The zero-order valence-electron chi connectivity index (χ0n) is 75.5. The molecule has 1 aliphatic carbocycles. The molecule has 2 unspecified atom stereocenters. The number of nitrogens with zero attached hydrogens (tertiary/aromatic N) is 1. The average Bonchev–Trinajstić information content (AvgIpc) is 0.790. The highest BCUT2D eigenvalue weighted by atomic mass is 28.4. The summed E-state index contributed by atoms with van der Waals surface area (Å²) in [7, 11) is 2.28. The normalized spacial score (nSPS) is 20.8. The molecule has 2 aromatic rings. The number of benzene rings is 2. The van der Waals surface area contributed by atoms with Crippen molar-refractivity contribution in [1.29, 1.82) is 0 Å². The highest BCUT2D eigenvalue weighted by molar-refractivity contribution is 6.78. The van der Waals surface area contributed by atoms with E-state index in [-0.39, 0.29) is 64.7 Å². The molecule has 2 fully saturated rings. The Hall–Kier alpha value is -4.44. The maximum atomic E-state index is 15.6. The number of allylic oxidation sites excluding steroid dienone is 3. The first-order valence-electron chi connectivity index (χ1n) is 42.0. The number of esters is 1. The predicted molar refractivity (Wildman–Crippen MR) is 459 cm³/mol. The van der Waals surface area contributed by atoms with E-state index >= 15 is 4.79 Å². The van der Waals surface area contributed by atoms with Crippen LogP contribution in [0.2, 0.25) is 51.4 Å². The Morgan fingerprint density at radius 2 is 1.21 bits per heavy atom. The van der Waals surface area contributed by atoms with E-state index in [1.807, 2.05) is 65.1 Å². The number of ether oxygens (including phenoxy) is 10. The Balaban J connectivity index is 1.93. The molecule has 1 heterocycles. The van der Waals surface area contributed by atoms with Gasteiger partial charge in [0.05, 0.1) is 83.4 Å². The van der Waals surface area contributed by atoms with Gasteiger partial charge in [0.2, 0.25) is 16.6 Å². The van der Waals surface area contributed by atoms with Crippen molar-refractivity contribution in [3.05, 3.63) is 89.5 Å². The van der Waals surface area contributed by atoms with Crippen LogP contribution < -0.4 is 14.2 Å². The summed E-state index contributed by atoms with van der Waals surface area (Å²) in [5.74, 6) is -1.12. The molecule has 1 saturated heterocycles. The van der Waals surface area contributed by atoms with Crippen molar-refractivity contribution in [2.24, 2.45) is 29.6 Å². The van der Waals surface area contributed by atoms with Gasteiger partial charge in [-0.05, 0) is 210 Å². The Morgan fingerprint density at radius 1 is 0.643 bits per heavy atom. The van der Waals surface area contributed by atoms with Crippen LogP contribution in [0, 0.1) is 29.6 Å². The van der Waals surface area contributed by atoms with Gasteiger partial charge in [-0.2, -0.15) is 0 Å². The maximum absolute atomic E-state index is 15.6. The third kappa shape index (κ3) is 27.6. The molecule has 0 aromatic heterocycles. The second-order valence-electron chi connectivity index (χ2n) is 37.1. The second kappa shape index (κ2) is 45.5. The van der Waals surface area contributed by atoms with Gasteiger partial charge in [0.1, 0.15) is 35.0 Å². The van der Waals surface area contributed by atoms with E-state index in [1.54, 1.807) is 51.5 Å². The van der Waals surface area contributed by atoms with Gasteiger partial charge in [0.15, 0.2) is 14.4 Å². The van der Waals surface area contributed by atoms with Crippen molar-refractivity contribution >= 4 is 43.0 Å². The van der Waals surface area contributed by atoms with Crippen molar-refractivity contribution in [2.75, 3.05) is 49.2 Å². The number of rotatable bonds is 47. The number of carbonyl (C=O) groups excluding carboxylic acids is 2. The fraction of sp³-hybridized carbons (Fsp3) is 0.767. The highest BCUT2D eigenvalue weighted by Gasteiger charge is 2.52. The van der Waals surface area contributed by atoms with Gasteiger partial charge in [0, 0.05) is 51.3 Å². The molecule has 642 valence electrons. The zero-order chi connectivity index (χ0) is 84.7. The lowest BCUT2D eigenvalue weighted by molar-refractivity contribution is -0.164. The molecule has 2 aliphatic rings. The van der Waals surface area contributed by atoms with Crippen LogP contribution in [-0.2, 0) is 69.2 Å². The van der Waals surface area contributed by atoms with Crippen LogP contribution >= 0.6 is 0 Å². The second-order valence-corrected chi connectivity index (χ2v) is 52.7. The monoisotopic (exact) mass is 1620 g/mol. The summed E-state index contributed by atoms with van der Waals surface area (Å²) >= 11 is 0. The van der Waals surface area contributed by atoms with E-state index in [9.17, 15) is 19.8 Å². The summed E-state index contributed by atoms with van der Waals surface area (Å²) in [6.45, 7) is 59.9. The predicted octanol–water partition coefficient (Wildman–Crippen LogP) is 21.2. The molecule has 19 nitrogen and oxygen atoms in total. The molecule has 22 heteroatoms. The molecule has 2 N–H and O–H groups in total. The Morgan fingerprint density at radius 3 is 1.72 bits per heavy atom. The minimum absolute atomic E-state index is 0.0405. The van der Waals surface area contributed by atoms with E-state index in [4.69, 9.17) is 60.6 Å². The average molecular weight is 1630 g/mol. The molecule has 0 radical (unpaired) electrons. The van der Waals surface area contributed by atoms with Crippen molar-refractivity contribution in [3.63, 3.8) is 0 Å². The number of aliphatic carboxylic acids is 1. The van der Waals surface area contributed by atoms with Gasteiger partial charge in [-0.3, -0.25) is 4.90 Å². The molecule has 2 aromatic carbocycles. The molecule has 1 saturated carbocycles. The van der Waals surface area contributed by atoms with Crippen LogP contribution in [0.4, 0.5) is 4.79 Å². The minimum atomic E-state index is -2.79. The van der Waals surface area contributed by atoms with Crippen LogP contribution in [0.1, 0.15) is 241 Å². The van der Waals surface area contributed by atoms with E-state index in [1.165, 1.54) is 7.11 Å². The zero-order valence-corrected chi connectivity index (χ0v) is 78.5. The van der Waals surface area contributed by atoms with Crippen LogP contribution in [-0.4, -0.2) is 180 Å². The fourth-order valence-corrected chi connectivity index (χ4v) is 30.6. The molecule has 112 heavy (non-hydrogen) atoms. The smallest absolute Gasteiger partial charge is 0.411 e. The SMILES string of the molecule is C=CC[C@H](/C=C(\C)C[C@H](C)C[C@H](OC)[C@@H](O[Si](C)(C)C(C)(C)C)[C@H](C[C@@H](C)C(O)C(OCc1ccc(OC)cc1OC)C(=O)O)OC)[C@H](C[C@H](O[Si](C(C)C)(C(C)C)C(C)C)[C@@H](C)[C@H](OC(=O)[C@@H]1CCCCN1C(=O)OC(C)(C)C)/C(C)=C/[C@@H]1CC[C@@H](O[Si](C(C)C)(C(C)C)C(C)C)[C@H](OC)C1)OCc1ccc(OC)cc1. The fourth-order valence-electron chi connectivity index (χ4n) is 18.0. The lowest BCUT2D eigenvalue weighted by Gasteiger charge is -2.48. The Labute approximate surface area is 682 Å². The summed E-state index contributed by atoms with van der Waals surface area (Å²) in [5, 5.41) is 22.3. The lowest BCUT2D eigenvalue weighted by Crippen LogP contribution is -2.54. The number of carboxylic acids is 1. The summed E-state index contributed by atoms with van der Waals surface area (Å²) in [6.07, 6.45) is 6.42. The molecule has 1 aliphatic heterocycles. The molecule has 0 spiro atoms. The van der Waals surface area contributed by atoms with E-state index in [0.29, 0.717) is 78.9 Å². The molecule has 16 atom stereocenters. The number of piperidine rings is 1. The maximum Gasteiger partial charge on any atom is 0.411 e. The van der Waals surface area contributed by atoms with Gasteiger partial charge in [-0.15, -0.1) is 6.58 Å². The molecule has 4 rings (SSSR count). The van der Waals surface area contributed by atoms with Crippen LogP contribution in [0.25, 0.3) is 0 Å². The van der Waals surface area contributed by atoms with Crippen molar-refractivity contribution in [1.82, 2.24) is 4.90 Å². The van der Waals surface area contributed by atoms with E-state index < -0.39 is 115 Å². The quantitative estimate of drug-likeness (QED) is 0.0358. The first-order valence-corrected chi connectivity index (χ1v) is 49.2. The van der Waals surface area contributed by atoms with Crippen molar-refractivity contribution in [2.45, 2.75) is 367 Å². The van der Waals surface area contributed by atoms with Crippen molar-refractivity contribution in [3.8, 4) is 17.2 Å². The third-order valence-electron chi connectivity index (χ3n) is 24.9. The number of aliphatic hydroxyl groups is 1. The molecule has 0 bridgehead atoms. The van der Waals surface area contributed by atoms with Crippen molar-refractivity contribution < 1.29 is 85.2 Å². The first-order chi connectivity index (χ1) is 52.3. The highest BCUT2D eigenvalue weighted by Crippen LogP contribution is 2.49. The third-order valence-corrected chi connectivity index (χ3v) is 41.6. The topological polar surface area (TPSA) is 215 Å². The summed E-state index contributed by atoms with van der Waals surface area (Å²) in [4.78, 5) is 44.3. The van der Waals surface area contributed by atoms with Gasteiger partial charge in [0.25, 0.3) is 0 Å². The van der Waals surface area contributed by atoms with Gasteiger partial charge in [-0.1, -0.05) is 161 Å². The van der Waals surface area contributed by atoms with Crippen LogP contribution in [0.15, 0.2) is 78.4 Å². The van der Waals surface area contributed by atoms with Gasteiger partial charge < -0.3 is 70.9 Å². The summed E-state index contributed by atoms with van der Waals surface area (Å²) in [5.41, 5.74) is 4.73. The number of hydrogen-bond donors (Lipinski definition) is 2. The Bertz CT molecular complexity index is 3170. The summed E-state index contributed by atoms with van der Waals surface area (Å²) < 4.78 is 85.8. The number of carboxylic acid groups (broad SMARTS) is 1. The van der Waals surface area contributed by atoms with Gasteiger partial charge >= 0.3 is 18.0 Å². The van der Waals surface area contributed by atoms with Gasteiger partial charge in [-0.25, -0.2) is 14.4 Å². The number of amides is 1. The van der Waals surface area contributed by atoms with Crippen LogP contribution in [0.5, 0.6) is 17.2 Å². The van der Waals surface area contributed by atoms with E-state index in [0.717, 1.165) is 54.6 Å². The minimum Gasteiger partial charge on any atom is -0.497 e. The Kier molecular flexibility index (Phi) is 40.6.